The van der Waals surface area contributed by atoms with Gasteiger partial charge in [-0.05, 0) is 24.5 Å². The van der Waals surface area contributed by atoms with E-state index in [1.165, 1.54) is 0 Å². The third kappa shape index (κ3) is 12.1. The highest BCUT2D eigenvalue weighted by molar-refractivity contribution is 5.90. The van der Waals surface area contributed by atoms with Crippen LogP contribution in [-0.2, 0) is 19.2 Å². The summed E-state index contributed by atoms with van der Waals surface area (Å²) < 4.78 is 0. The number of nitrogens with two attached hydrogens (primary N) is 1. The molecule has 0 saturated carbocycles. The first-order valence-corrected chi connectivity index (χ1v) is 7.43. The van der Waals surface area contributed by atoms with E-state index in [-0.39, 0.29) is 19.5 Å². The van der Waals surface area contributed by atoms with Crippen molar-refractivity contribution in [2.24, 2.45) is 11.0 Å². The van der Waals surface area contributed by atoms with Crippen molar-refractivity contribution in [1.29, 1.82) is 0 Å². The Morgan fingerprint density at radius 3 is 2.32 bits per heavy atom. The van der Waals surface area contributed by atoms with Crippen LogP contribution in [0.5, 0.6) is 0 Å². The molecule has 0 aromatic rings. The Hall–Kier alpha value is -3.05. The summed E-state index contributed by atoms with van der Waals surface area (Å²) in [6.45, 7) is -0.620. The van der Waals surface area contributed by atoms with Gasteiger partial charge in [0.15, 0.2) is 0 Å². The molecule has 0 aliphatic carbocycles. The zero-order valence-corrected chi connectivity index (χ0v) is 13.5. The highest BCUT2D eigenvalue weighted by Crippen LogP contribution is 2.01. The van der Waals surface area contributed by atoms with Gasteiger partial charge in [-0.25, -0.2) is 4.79 Å². The van der Waals surface area contributed by atoms with E-state index in [0.29, 0.717) is 19.4 Å². The number of carboxylic acid groups (broad SMARTS) is 1. The quantitative estimate of drug-likeness (QED) is 0.0697. The number of carboxylic acids is 1. The number of nitrogens with one attached hydrogen (secondary N) is 4. The number of nitrogens with zero attached hydrogens (tertiary/aromatic N) is 3. The molecule has 0 fully saturated rings. The number of aliphatic carboxylic acids is 1. The van der Waals surface area contributed by atoms with Crippen molar-refractivity contribution >= 4 is 23.7 Å². The van der Waals surface area contributed by atoms with Crippen molar-refractivity contribution in [3.8, 4) is 0 Å². The fourth-order valence-corrected chi connectivity index (χ4v) is 1.63. The first-order chi connectivity index (χ1) is 11.9. The summed E-state index contributed by atoms with van der Waals surface area (Å²) >= 11 is 0. The number of carbonyl (C=O) groups is 4. The lowest BCUT2D eigenvalue weighted by Crippen LogP contribution is -2.47. The molecule has 25 heavy (non-hydrogen) atoms. The summed E-state index contributed by atoms with van der Waals surface area (Å²) in [5.41, 5.74) is 15.5. The maximum Gasteiger partial charge on any atom is 0.326 e. The van der Waals surface area contributed by atoms with Gasteiger partial charge in [0.2, 0.25) is 17.7 Å². The van der Waals surface area contributed by atoms with Crippen molar-refractivity contribution in [2.75, 3.05) is 26.2 Å². The Balaban J connectivity index is 4.06. The Bertz CT molecular complexity index is 520. The van der Waals surface area contributed by atoms with Crippen LogP contribution in [0.2, 0.25) is 0 Å². The molecule has 0 bridgehead atoms. The molecule has 13 nitrogen and oxygen atoms in total. The lowest BCUT2D eigenvalue weighted by molar-refractivity contribution is -0.142. The standard InChI is InChI=1S/C12H22N8O5/c13-5-9(21)15-6-10(22)16-7-11(23)18-8(12(24)25)3-1-2-4-17-20-19-14/h8,17H,1-7,13H2,(H,15,21)(H,16,22)(H,18,23)(H,24,25)/t8-/m0/s1. The molecule has 13 heteroatoms. The third-order valence-corrected chi connectivity index (χ3v) is 2.86. The highest BCUT2D eigenvalue weighted by Gasteiger charge is 2.19. The largest absolute Gasteiger partial charge is 0.480 e. The number of carbonyl (C=O) groups excluding carboxylic acids is 3. The fraction of sp³-hybridized carbons (Fsp3) is 0.667. The van der Waals surface area contributed by atoms with Gasteiger partial charge in [0, 0.05) is 0 Å². The summed E-state index contributed by atoms with van der Waals surface area (Å²) in [5.74, 6) is -2.98. The second-order valence-electron chi connectivity index (χ2n) is 4.81. The van der Waals surface area contributed by atoms with Gasteiger partial charge in [-0.1, -0.05) is 0 Å². The molecule has 140 valence electrons. The predicted octanol–water partition coefficient (Wildman–Crippen LogP) is -2.27. The second kappa shape index (κ2) is 13.4. The van der Waals surface area contributed by atoms with Gasteiger partial charge in [-0.2, -0.15) is 4.91 Å². The summed E-state index contributed by atoms with van der Waals surface area (Å²) in [7, 11) is 0. The van der Waals surface area contributed by atoms with Gasteiger partial charge in [0.05, 0.1) is 26.2 Å². The van der Waals surface area contributed by atoms with E-state index in [4.69, 9.17) is 16.4 Å². The van der Waals surface area contributed by atoms with Crippen LogP contribution >= 0.6 is 0 Å². The lowest BCUT2D eigenvalue weighted by atomic mass is 10.1. The molecule has 0 aliphatic rings. The van der Waals surface area contributed by atoms with Crippen molar-refractivity contribution in [2.45, 2.75) is 25.3 Å². The van der Waals surface area contributed by atoms with Crippen LogP contribution in [0.25, 0.3) is 10.4 Å². The monoisotopic (exact) mass is 358 g/mol. The van der Waals surface area contributed by atoms with E-state index >= 15 is 0 Å². The van der Waals surface area contributed by atoms with Gasteiger partial charge < -0.3 is 26.8 Å². The first kappa shape index (κ1) is 21.9. The van der Waals surface area contributed by atoms with E-state index in [2.05, 4.69) is 31.5 Å². The Kier molecular flexibility index (Phi) is 11.8. The number of hydrogen-bond acceptors (Lipinski definition) is 6. The molecule has 0 rings (SSSR count). The fourth-order valence-electron chi connectivity index (χ4n) is 1.63. The van der Waals surface area contributed by atoms with E-state index in [1.54, 1.807) is 0 Å². The molecule has 0 heterocycles. The highest BCUT2D eigenvalue weighted by atomic mass is 16.4. The molecule has 0 aliphatic heterocycles. The first-order valence-electron chi connectivity index (χ1n) is 7.43. The molecule has 0 saturated heterocycles. The molecular weight excluding hydrogens is 336 g/mol. The number of hydrogen-bond donors (Lipinski definition) is 6. The summed E-state index contributed by atoms with van der Waals surface area (Å²) in [5, 5.41) is 18.9. The maximum absolute atomic E-state index is 11.7. The third-order valence-electron chi connectivity index (χ3n) is 2.86. The van der Waals surface area contributed by atoms with Crippen molar-refractivity contribution in [3.63, 3.8) is 0 Å². The van der Waals surface area contributed by atoms with Gasteiger partial charge in [0.25, 0.3) is 0 Å². The number of rotatable bonds is 13. The molecule has 0 radical (unpaired) electrons. The molecule has 0 unspecified atom stereocenters. The zero-order valence-electron chi connectivity index (χ0n) is 13.5. The molecule has 3 amide bonds. The molecule has 0 aromatic heterocycles. The summed E-state index contributed by atoms with van der Waals surface area (Å²) in [4.78, 5) is 47.5. The van der Waals surface area contributed by atoms with E-state index < -0.39 is 36.3 Å². The van der Waals surface area contributed by atoms with Crippen molar-refractivity contribution < 1.29 is 24.3 Å². The summed E-state index contributed by atoms with van der Waals surface area (Å²) in [6.07, 6.45) is 1.21. The SMILES string of the molecule is [N-]=[N+]=NNCCCC[C@H](NC(=O)CNC(=O)CNC(=O)CN)C(=O)O. The van der Waals surface area contributed by atoms with Gasteiger partial charge in [-0.3, -0.25) is 19.8 Å². The van der Waals surface area contributed by atoms with Gasteiger partial charge >= 0.3 is 5.97 Å². The average molecular weight is 358 g/mol. The van der Waals surface area contributed by atoms with Crippen LogP contribution in [0.3, 0.4) is 0 Å². The minimum atomic E-state index is -1.20. The van der Waals surface area contributed by atoms with Crippen LogP contribution in [0.1, 0.15) is 19.3 Å². The number of unbranched alkanes of at least 4 members (excludes halogenated alkanes) is 1. The number of amides is 3. The average Bonchev–Trinajstić information content (AvgIpc) is 2.59. The Morgan fingerprint density at radius 1 is 1.08 bits per heavy atom. The number of azide groups is 1. The lowest BCUT2D eigenvalue weighted by Gasteiger charge is -2.14. The van der Waals surface area contributed by atoms with Crippen LogP contribution in [0, 0.1) is 0 Å². The minimum Gasteiger partial charge on any atom is -0.480 e. The molecule has 1 atom stereocenters. The second-order valence-corrected chi connectivity index (χ2v) is 4.81. The summed E-state index contributed by atoms with van der Waals surface area (Å²) in [6, 6.07) is -1.10. The van der Waals surface area contributed by atoms with Crippen LogP contribution in [-0.4, -0.2) is 61.0 Å². The van der Waals surface area contributed by atoms with E-state index in [1.807, 2.05) is 0 Å². The van der Waals surface area contributed by atoms with Gasteiger partial charge in [0.1, 0.15) is 6.04 Å². The Morgan fingerprint density at radius 2 is 1.72 bits per heavy atom. The van der Waals surface area contributed by atoms with Crippen molar-refractivity contribution in [3.05, 3.63) is 10.4 Å². The minimum absolute atomic E-state index is 0.180. The normalized spacial score (nSPS) is 10.8. The van der Waals surface area contributed by atoms with Gasteiger partial charge in [-0.15, -0.1) is 5.53 Å². The van der Waals surface area contributed by atoms with E-state index in [9.17, 15) is 19.2 Å². The van der Waals surface area contributed by atoms with Crippen molar-refractivity contribution in [1.82, 2.24) is 21.4 Å². The molecular formula is C12H22N8O5. The predicted molar refractivity (Wildman–Crippen MR) is 85.6 cm³/mol. The Labute approximate surface area is 143 Å². The molecule has 7 N–H and O–H groups in total. The topological polar surface area (TPSA) is 211 Å². The maximum atomic E-state index is 11.7. The van der Waals surface area contributed by atoms with E-state index in [0.717, 1.165) is 0 Å². The zero-order chi connectivity index (χ0) is 19.1. The van der Waals surface area contributed by atoms with Crippen LogP contribution in [0.15, 0.2) is 5.22 Å². The smallest absolute Gasteiger partial charge is 0.326 e. The van der Waals surface area contributed by atoms with Crippen LogP contribution < -0.4 is 27.1 Å². The molecule has 0 aromatic carbocycles. The van der Waals surface area contributed by atoms with Crippen LogP contribution in [0.4, 0.5) is 0 Å². The molecule has 0 spiro atoms.